The van der Waals surface area contributed by atoms with Crippen molar-refractivity contribution in [2.24, 2.45) is 0 Å². The number of benzene rings is 1. The van der Waals surface area contributed by atoms with Crippen LogP contribution in [0.1, 0.15) is 18.4 Å². The van der Waals surface area contributed by atoms with Gasteiger partial charge in [0.2, 0.25) is 0 Å². The molecule has 0 atom stereocenters. The summed E-state index contributed by atoms with van der Waals surface area (Å²) in [5.41, 5.74) is -0.120. The van der Waals surface area contributed by atoms with E-state index in [9.17, 15) is 14.7 Å². The number of carbonyl (C=O) groups excluding carboxylic acids is 1. The molecule has 2 N–H and O–H groups in total. The van der Waals surface area contributed by atoms with E-state index in [0.29, 0.717) is 25.9 Å². The van der Waals surface area contributed by atoms with E-state index in [1.165, 1.54) is 0 Å². The molecule has 0 unspecified atom stereocenters. The average molecular weight is 286 g/mol. The molecule has 5 heteroatoms. The number of likely N-dealkylation sites (tertiary alicyclic amines) is 1. The summed E-state index contributed by atoms with van der Waals surface area (Å²) >= 11 is 0. The number of carboxylic acids is 1. The number of carbonyl (C=O) groups is 2. The molecular formula is C16H18N2O3. The number of hydrogen-bond acceptors (Lipinski definition) is 2. The number of carboxylic acid groups (broad SMARTS) is 1. The number of amides is 2. The second-order valence-electron chi connectivity index (χ2n) is 5.10. The van der Waals surface area contributed by atoms with Crippen molar-refractivity contribution in [3.8, 4) is 12.3 Å². The fourth-order valence-electron chi connectivity index (χ4n) is 2.71. The Labute approximate surface area is 124 Å². The third kappa shape index (κ3) is 3.00. The van der Waals surface area contributed by atoms with Crippen molar-refractivity contribution >= 4 is 12.0 Å². The summed E-state index contributed by atoms with van der Waals surface area (Å²) in [7, 11) is 0. The lowest BCUT2D eigenvalue weighted by atomic mass is 9.73. The molecule has 1 fully saturated rings. The van der Waals surface area contributed by atoms with Gasteiger partial charge in [0.1, 0.15) is 0 Å². The Morgan fingerprint density at radius 3 is 2.43 bits per heavy atom. The first kappa shape index (κ1) is 14.9. The first-order valence-electron chi connectivity index (χ1n) is 6.85. The second-order valence-corrected chi connectivity index (χ2v) is 5.10. The molecule has 0 aromatic heterocycles. The highest BCUT2D eigenvalue weighted by Gasteiger charge is 2.43. The fourth-order valence-corrected chi connectivity index (χ4v) is 2.71. The predicted molar refractivity (Wildman–Crippen MR) is 78.8 cm³/mol. The van der Waals surface area contributed by atoms with Crippen LogP contribution in [0.2, 0.25) is 0 Å². The number of nitrogens with zero attached hydrogens (tertiary/aromatic N) is 1. The lowest BCUT2D eigenvalue weighted by molar-refractivity contribution is -0.145. The summed E-state index contributed by atoms with van der Waals surface area (Å²) in [6, 6.07) is 8.98. The van der Waals surface area contributed by atoms with Crippen LogP contribution in [-0.4, -0.2) is 41.6 Å². The normalized spacial score (nSPS) is 16.8. The number of nitrogens with one attached hydrogen (secondary N) is 1. The van der Waals surface area contributed by atoms with Crippen LogP contribution in [0.25, 0.3) is 0 Å². The molecule has 2 amide bonds. The highest BCUT2D eigenvalue weighted by Crippen LogP contribution is 2.35. The van der Waals surface area contributed by atoms with Crippen molar-refractivity contribution < 1.29 is 14.7 Å². The Hall–Kier alpha value is -2.48. The minimum Gasteiger partial charge on any atom is -0.481 e. The van der Waals surface area contributed by atoms with Crippen molar-refractivity contribution in [2.75, 3.05) is 19.6 Å². The molecule has 1 aromatic rings. The van der Waals surface area contributed by atoms with Gasteiger partial charge < -0.3 is 15.3 Å². The van der Waals surface area contributed by atoms with Gasteiger partial charge in [-0.15, -0.1) is 6.42 Å². The molecule has 0 spiro atoms. The zero-order valence-electron chi connectivity index (χ0n) is 11.7. The molecule has 110 valence electrons. The molecule has 5 nitrogen and oxygen atoms in total. The number of terminal acetylenes is 1. The molecule has 1 aromatic carbocycles. The average Bonchev–Trinajstić information content (AvgIpc) is 2.53. The van der Waals surface area contributed by atoms with Crippen molar-refractivity contribution in [3.63, 3.8) is 0 Å². The number of rotatable bonds is 3. The summed E-state index contributed by atoms with van der Waals surface area (Å²) < 4.78 is 0. The zero-order valence-corrected chi connectivity index (χ0v) is 11.7. The van der Waals surface area contributed by atoms with Gasteiger partial charge in [-0.25, -0.2) is 4.79 Å². The summed E-state index contributed by atoms with van der Waals surface area (Å²) in [4.78, 5) is 25.2. The lowest BCUT2D eigenvalue weighted by Gasteiger charge is -2.39. The van der Waals surface area contributed by atoms with Crippen LogP contribution in [0.5, 0.6) is 0 Å². The Kier molecular flexibility index (Phi) is 4.49. The molecule has 0 saturated carbocycles. The highest BCUT2D eigenvalue weighted by atomic mass is 16.4. The summed E-state index contributed by atoms with van der Waals surface area (Å²) in [5, 5.41) is 12.3. The third-order valence-electron chi connectivity index (χ3n) is 3.98. The Bertz CT molecular complexity index is 555. The fraction of sp³-hybridized carbons (Fsp3) is 0.375. The number of hydrogen-bond donors (Lipinski definition) is 2. The van der Waals surface area contributed by atoms with Crippen LogP contribution in [0, 0.1) is 12.3 Å². The van der Waals surface area contributed by atoms with Gasteiger partial charge >= 0.3 is 12.0 Å². The molecule has 2 rings (SSSR count). The highest BCUT2D eigenvalue weighted by molar-refractivity contribution is 5.82. The lowest BCUT2D eigenvalue weighted by Crippen LogP contribution is -2.51. The smallest absolute Gasteiger partial charge is 0.318 e. The molecule has 21 heavy (non-hydrogen) atoms. The second kappa shape index (κ2) is 6.31. The zero-order chi connectivity index (χ0) is 15.3. The molecule has 1 aliphatic rings. The van der Waals surface area contributed by atoms with Crippen LogP contribution >= 0.6 is 0 Å². The van der Waals surface area contributed by atoms with Gasteiger partial charge in [0, 0.05) is 13.1 Å². The van der Waals surface area contributed by atoms with Crippen molar-refractivity contribution in [2.45, 2.75) is 18.3 Å². The van der Waals surface area contributed by atoms with E-state index in [-0.39, 0.29) is 12.6 Å². The Morgan fingerprint density at radius 2 is 1.90 bits per heavy atom. The number of piperidine rings is 1. The van der Waals surface area contributed by atoms with Crippen LogP contribution in [0.4, 0.5) is 4.79 Å². The summed E-state index contributed by atoms with van der Waals surface area (Å²) in [5.74, 6) is 1.51. The maximum atomic E-state index is 11.8. The maximum Gasteiger partial charge on any atom is 0.318 e. The van der Waals surface area contributed by atoms with E-state index in [0.717, 1.165) is 5.56 Å². The van der Waals surface area contributed by atoms with E-state index in [4.69, 9.17) is 6.42 Å². The molecule has 1 heterocycles. The minimum atomic E-state index is -0.913. The van der Waals surface area contributed by atoms with E-state index in [1.54, 1.807) is 4.90 Å². The maximum absolute atomic E-state index is 11.8. The van der Waals surface area contributed by atoms with Gasteiger partial charge in [-0.1, -0.05) is 36.3 Å². The van der Waals surface area contributed by atoms with E-state index in [2.05, 4.69) is 11.2 Å². The minimum absolute atomic E-state index is 0.179. The van der Waals surface area contributed by atoms with Crippen LogP contribution in [0.15, 0.2) is 30.3 Å². The topological polar surface area (TPSA) is 69.6 Å². The molecule has 0 aliphatic carbocycles. The van der Waals surface area contributed by atoms with Gasteiger partial charge in [0.05, 0.1) is 12.0 Å². The monoisotopic (exact) mass is 286 g/mol. The van der Waals surface area contributed by atoms with Crippen molar-refractivity contribution in [1.82, 2.24) is 10.2 Å². The summed E-state index contributed by atoms with van der Waals surface area (Å²) in [6.45, 7) is 0.979. The largest absolute Gasteiger partial charge is 0.481 e. The molecule has 1 saturated heterocycles. The van der Waals surface area contributed by atoms with Gasteiger partial charge in [-0.3, -0.25) is 4.79 Å². The number of aliphatic carboxylic acids is 1. The van der Waals surface area contributed by atoms with Crippen LogP contribution in [0.3, 0.4) is 0 Å². The SMILES string of the molecule is C#CCNC(=O)N1CCC(C(=O)O)(c2ccccc2)CC1. The Morgan fingerprint density at radius 1 is 1.29 bits per heavy atom. The standard InChI is InChI=1S/C16H18N2O3/c1-2-10-17-15(21)18-11-8-16(9-12-18,14(19)20)13-6-4-3-5-7-13/h1,3-7H,8-12H2,(H,17,21)(H,19,20). The van der Waals surface area contributed by atoms with Gasteiger partial charge in [0.25, 0.3) is 0 Å². The molecular weight excluding hydrogens is 268 g/mol. The molecule has 0 radical (unpaired) electrons. The first-order chi connectivity index (χ1) is 10.1. The van der Waals surface area contributed by atoms with Gasteiger partial charge in [-0.05, 0) is 18.4 Å². The van der Waals surface area contributed by atoms with Crippen LogP contribution in [-0.2, 0) is 10.2 Å². The van der Waals surface area contributed by atoms with E-state index < -0.39 is 11.4 Å². The quantitative estimate of drug-likeness (QED) is 0.826. The molecule has 1 aliphatic heterocycles. The van der Waals surface area contributed by atoms with Crippen molar-refractivity contribution in [3.05, 3.63) is 35.9 Å². The summed E-state index contributed by atoms with van der Waals surface area (Å²) in [6.07, 6.45) is 5.90. The van der Waals surface area contributed by atoms with E-state index >= 15 is 0 Å². The van der Waals surface area contributed by atoms with Gasteiger partial charge in [-0.2, -0.15) is 0 Å². The third-order valence-corrected chi connectivity index (χ3v) is 3.98. The number of urea groups is 1. The first-order valence-corrected chi connectivity index (χ1v) is 6.85. The van der Waals surface area contributed by atoms with Gasteiger partial charge in [0.15, 0.2) is 0 Å². The Balaban J connectivity index is 2.11. The van der Waals surface area contributed by atoms with Crippen molar-refractivity contribution in [1.29, 1.82) is 0 Å². The van der Waals surface area contributed by atoms with Crippen LogP contribution < -0.4 is 5.32 Å². The predicted octanol–water partition coefficient (Wildman–Crippen LogP) is 1.45. The molecule has 0 bridgehead atoms. The van der Waals surface area contributed by atoms with E-state index in [1.807, 2.05) is 30.3 Å².